The predicted molar refractivity (Wildman–Crippen MR) is 69.4 cm³/mol. The standard InChI is InChI=1S/C13H18N4/c1-9(2)7-17-8-15-16-13(17)12-5-4-11(14)6-10(12)3/h4-6,8-9H,7,14H2,1-3H3. The number of hydrogen-bond acceptors (Lipinski definition) is 3. The molecule has 0 bridgehead atoms. The Morgan fingerprint density at radius 1 is 1.35 bits per heavy atom. The zero-order valence-corrected chi connectivity index (χ0v) is 10.5. The molecule has 1 heterocycles. The minimum absolute atomic E-state index is 0.568. The van der Waals surface area contributed by atoms with Crippen LogP contribution in [0.5, 0.6) is 0 Å². The van der Waals surface area contributed by atoms with E-state index >= 15 is 0 Å². The normalized spacial score (nSPS) is 11.1. The summed E-state index contributed by atoms with van der Waals surface area (Å²) in [5.41, 5.74) is 8.76. The molecule has 2 rings (SSSR count). The highest BCUT2D eigenvalue weighted by Crippen LogP contribution is 2.23. The van der Waals surface area contributed by atoms with E-state index in [1.165, 1.54) is 0 Å². The zero-order chi connectivity index (χ0) is 12.4. The first-order valence-corrected chi connectivity index (χ1v) is 5.82. The van der Waals surface area contributed by atoms with Gasteiger partial charge in [-0.15, -0.1) is 10.2 Å². The number of nitrogens with two attached hydrogens (primary N) is 1. The topological polar surface area (TPSA) is 56.7 Å². The molecule has 0 aliphatic heterocycles. The first kappa shape index (κ1) is 11.6. The van der Waals surface area contributed by atoms with Crippen molar-refractivity contribution in [1.29, 1.82) is 0 Å². The van der Waals surface area contributed by atoms with Crippen LogP contribution in [0.15, 0.2) is 24.5 Å². The van der Waals surface area contributed by atoms with E-state index in [-0.39, 0.29) is 0 Å². The number of aryl methyl sites for hydroxylation is 1. The third-order valence-electron chi connectivity index (χ3n) is 2.67. The summed E-state index contributed by atoms with van der Waals surface area (Å²) >= 11 is 0. The fourth-order valence-electron chi connectivity index (χ4n) is 1.93. The van der Waals surface area contributed by atoms with Crippen molar-refractivity contribution in [2.24, 2.45) is 5.92 Å². The predicted octanol–water partition coefficient (Wildman–Crippen LogP) is 2.49. The summed E-state index contributed by atoms with van der Waals surface area (Å²) in [4.78, 5) is 0. The SMILES string of the molecule is Cc1cc(N)ccc1-c1nncn1CC(C)C. The van der Waals surface area contributed by atoms with Crippen LogP contribution < -0.4 is 5.73 Å². The van der Waals surface area contributed by atoms with E-state index in [0.717, 1.165) is 29.2 Å². The molecule has 2 aromatic rings. The van der Waals surface area contributed by atoms with E-state index in [2.05, 4.69) is 28.6 Å². The zero-order valence-electron chi connectivity index (χ0n) is 10.5. The van der Waals surface area contributed by atoms with Crippen LogP contribution in [-0.2, 0) is 6.54 Å². The lowest BCUT2D eigenvalue weighted by molar-refractivity contribution is 0.525. The van der Waals surface area contributed by atoms with Crippen molar-refractivity contribution in [3.63, 3.8) is 0 Å². The minimum atomic E-state index is 0.568. The van der Waals surface area contributed by atoms with Crippen molar-refractivity contribution in [1.82, 2.24) is 14.8 Å². The van der Waals surface area contributed by atoms with Crippen LogP contribution in [0.4, 0.5) is 5.69 Å². The number of rotatable bonds is 3. The number of aromatic nitrogens is 3. The van der Waals surface area contributed by atoms with Gasteiger partial charge in [-0.25, -0.2) is 0 Å². The summed E-state index contributed by atoms with van der Waals surface area (Å²) < 4.78 is 2.09. The molecule has 0 fully saturated rings. The van der Waals surface area contributed by atoms with Gasteiger partial charge in [-0.3, -0.25) is 0 Å². The molecule has 0 unspecified atom stereocenters. The summed E-state index contributed by atoms with van der Waals surface area (Å²) in [5.74, 6) is 1.48. The second kappa shape index (κ2) is 4.57. The summed E-state index contributed by atoms with van der Waals surface area (Å²) in [6.07, 6.45) is 1.78. The Bertz CT molecular complexity index is 514. The number of nitrogen functional groups attached to an aromatic ring is 1. The quantitative estimate of drug-likeness (QED) is 0.824. The summed E-state index contributed by atoms with van der Waals surface area (Å²) in [6, 6.07) is 5.87. The van der Waals surface area contributed by atoms with E-state index in [9.17, 15) is 0 Å². The molecule has 0 radical (unpaired) electrons. The number of benzene rings is 1. The highest BCUT2D eigenvalue weighted by Gasteiger charge is 2.10. The smallest absolute Gasteiger partial charge is 0.164 e. The van der Waals surface area contributed by atoms with Crippen LogP contribution in [0.2, 0.25) is 0 Å². The first-order valence-electron chi connectivity index (χ1n) is 5.82. The van der Waals surface area contributed by atoms with E-state index in [1.807, 2.05) is 25.1 Å². The molecule has 0 atom stereocenters. The lowest BCUT2D eigenvalue weighted by Crippen LogP contribution is -2.05. The van der Waals surface area contributed by atoms with Crippen molar-refractivity contribution >= 4 is 5.69 Å². The van der Waals surface area contributed by atoms with Crippen molar-refractivity contribution in [2.45, 2.75) is 27.3 Å². The van der Waals surface area contributed by atoms with Gasteiger partial charge in [0.2, 0.25) is 0 Å². The van der Waals surface area contributed by atoms with Crippen molar-refractivity contribution < 1.29 is 0 Å². The Morgan fingerprint density at radius 3 is 2.76 bits per heavy atom. The molecule has 90 valence electrons. The van der Waals surface area contributed by atoms with Gasteiger partial charge in [0.25, 0.3) is 0 Å². The number of hydrogen-bond donors (Lipinski definition) is 1. The van der Waals surface area contributed by atoms with Gasteiger partial charge in [-0.2, -0.15) is 0 Å². The molecular formula is C13H18N4. The van der Waals surface area contributed by atoms with Crippen LogP contribution in [0.1, 0.15) is 19.4 Å². The Hall–Kier alpha value is -1.84. The maximum absolute atomic E-state index is 5.76. The van der Waals surface area contributed by atoms with Gasteiger partial charge in [0, 0.05) is 17.8 Å². The summed E-state index contributed by atoms with van der Waals surface area (Å²) in [6.45, 7) is 7.32. The van der Waals surface area contributed by atoms with Gasteiger partial charge in [-0.05, 0) is 36.6 Å². The molecule has 2 N–H and O–H groups in total. The van der Waals surface area contributed by atoms with Gasteiger partial charge < -0.3 is 10.3 Å². The first-order chi connectivity index (χ1) is 8.08. The van der Waals surface area contributed by atoms with Crippen molar-refractivity contribution in [3.8, 4) is 11.4 Å². The molecule has 0 amide bonds. The number of nitrogens with zero attached hydrogens (tertiary/aromatic N) is 3. The molecule has 0 saturated heterocycles. The van der Waals surface area contributed by atoms with Gasteiger partial charge >= 0.3 is 0 Å². The fraction of sp³-hybridized carbons (Fsp3) is 0.385. The molecule has 0 aliphatic carbocycles. The lowest BCUT2D eigenvalue weighted by Gasteiger charge is -2.11. The molecule has 1 aromatic carbocycles. The Morgan fingerprint density at radius 2 is 2.12 bits per heavy atom. The Balaban J connectivity index is 2.42. The third-order valence-corrected chi connectivity index (χ3v) is 2.67. The van der Waals surface area contributed by atoms with Crippen LogP contribution in [0.3, 0.4) is 0 Å². The van der Waals surface area contributed by atoms with Crippen LogP contribution in [0, 0.1) is 12.8 Å². The van der Waals surface area contributed by atoms with Crippen LogP contribution in [0.25, 0.3) is 11.4 Å². The maximum Gasteiger partial charge on any atom is 0.164 e. The van der Waals surface area contributed by atoms with Gasteiger partial charge in [0.15, 0.2) is 5.82 Å². The molecule has 0 aliphatic rings. The lowest BCUT2D eigenvalue weighted by atomic mass is 10.1. The molecule has 0 saturated carbocycles. The van der Waals surface area contributed by atoms with E-state index in [4.69, 9.17) is 5.73 Å². The van der Waals surface area contributed by atoms with Gasteiger partial charge in [0.1, 0.15) is 6.33 Å². The molecule has 0 spiro atoms. The van der Waals surface area contributed by atoms with Crippen molar-refractivity contribution in [3.05, 3.63) is 30.1 Å². The molecular weight excluding hydrogens is 212 g/mol. The van der Waals surface area contributed by atoms with Crippen LogP contribution in [-0.4, -0.2) is 14.8 Å². The monoisotopic (exact) mass is 230 g/mol. The summed E-state index contributed by atoms with van der Waals surface area (Å²) in [7, 11) is 0. The van der Waals surface area contributed by atoms with Gasteiger partial charge in [-0.1, -0.05) is 13.8 Å². The average molecular weight is 230 g/mol. The molecule has 4 nitrogen and oxygen atoms in total. The maximum atomic E-state index is 5.76. The second-order valence-electron chi connectivity index (χ2n) is 4.78. The molecule has 1 aromatic heterocycles. The van der Waals surface area contributed by atoms with E-state index in [0.29, 0.717) is 5.92 Å². The Kier molecular flexibility index (Phi) is 3.13. The van der Waals surface area contributed by atoms with Crippen LogP contribution >= 0.6 is 0 Å². The minimum Gasteiger partial charge on any atom is -0.399 e. The number of anilines is 1. The Labute approximate surface area is 101 Å². The largest absolute Gasteiger partial charge is 0.399 e. The fourth-order valence-corrected chi connectivity index (χ4v) is 1.93. The van der Waals surface area contributed by atoms with Crippen molar-refractivity contribution in [2.75, 3.05) is 5.73 Å². The highest BCUT2D eigenvalue weighted by molar-refractivity contribution is 5.63. The molecule has 4 heteroatoms. The second-order valence-corrected chi connectivity index (χ2v) is 4.78. The molecule has 17 heavy (non-hydrogen) atoms. The average Bonchev–Trinajstić information content (AvgIpc) is 2.65. The highest BCUT2D eigenvalue weighted by atomic mass is 15.3. The summed E-state index contributed by atoms with van der Waals surface area (Å²) in [5, 5.41) is 8.20. The third kappa shape index (κ3) is 2.46. The van der Waals surface area contributed by atoms with Gasteiger partial charge in [0.05, 0.1) is 0 Å². The van der Waals surface area contributed by atoms with E-state index < -0.39 is 0 Å². The van der Waals surface area contributed by atoms with E-state index in [1.54, 1.807) is 6.33 Å².